The van der Waals surface area contributed by atoms with Crippen LogP contribution in [0.3, 0.4) is 0 Å². The van der Waals surface area contributed by atoms with Gasteiger partial charge in [-0.1, -0.05) is 30.3 Å². The molecule has 0 spiro atoms. The highest BCUT2D eigenvalue weighted by atomic mass is 15.3. The molecule has 1 saturated heterocycles. The Balaban J connectivity index is 1.82. The molecule has 1 aromatic heterocycles. The molecule has 3 rings (SSSR count). The smallest absolute Gasteiger partial charge is 0.0672 e. The Hall–Kier alpha value is -1.61. The zero-order valence-electron chi connectivity index (χ0n) is 10.8. The van der Waals surface area contributed by atoms with Crippen molar-refractivity contribution in [3.8, 4) is 11.1 Å². The largest absolute Gasteiger partial charge is 0.316 e. The number of rotatable bonds is 3. The molecule has 18 heavy (non-hydrogen) atoms. The van der Waals surface area contributed by atoms with Crippen LogP contribution in [0.5, 0.6) is 0 Å². The lowest BCUT2D eigenvalue weighted by molar-refractivity contribution is 0.448. The van der Waals surface area contributed by atoms with Gasteiger partial charge in [0.15, 0.2) is 0 Å². The normalized spacial score (nSPS) is 19.3. The number of aryl methyl sites for hydroxylation is 1. The summed E-state index contributed by atoms with van der Waals surface area (Å²) in [6.07, 6.45) is 3.45. The minimum atomic E-state index is 0.730. The molecule has 1 N–H and O–H groups in total. The van der Waals surface area contributed by atoms with Crippen molar-refractivity contribution in [2.75, 3.05) is 13.1 Å². The summed E-state index contributed by atoms with van der Waals surface area (Å²) in [5.41, 5.74) is 3.62. The molecule has 0 aliphatic carbocycles. The lowest BCUT2D eigenvalue weighted by atomic mass is 10.1. The maximum absolute atomic E-state index is 4.64. The topological polar surface area (TPSA) is 29.9 Å². The molecule has 3 nitrogen and oxygen atoms in total. The van der Waals surface area contributed by atoms with Crippen LogP contribution in [0.25, 0.3) is 11.1 Å². The van der Waals surface area contributed by atoms with Gasteiger partial charge in [0, 0.05) is 18.3 Å². The fourth-order valence-corrected chi connectivity index (χ4v) is 2.65. The van der Waals surface area contributed by atoms with E-state index in [0.717, 1.165) is 31.2 Å². The standard InChI is InChI=1S/C15H19N3/c1-12-15(14-5-3-2-4-6-14)11-18(17-12)10-13-7-8-16-9-13/h2-6,11,13,16H,7-10H2,1H3. The molecule has 0 bridgehead atoms. The lowest BCUT2D eigenvalue weighted by Crippen LogP contribution is -2.14. The average molecular weight is 241 g/mol. The van der Waals surface area contributed by atoms with Gasteiger partial charge in [0.25, 0.3) is 0 Å². The second-order valence-electron chi connectivity index (χ2n) is 5.08. The van der Waals surface area contributed by atoms with Crippen molar-refractivity contribution >= 4 is 0 Å². The molecule has 1 unspecified atom stereocenters. The molecule has 1 aromatic carbocycles. The molecule has 0 radical (unpaired) electrons. The Labute approximate surface area is 108 Å². The van der Waals surface area contributed by atoms with E-state index in [1.807, 2.05) is 6.07 Å². The molecular weight excluding hydrogens is 222 g/mol. The maximum Gasteiger partial charge on any atom is 0.0672 e. The first-order valence-electron chi connectivity index (χ1n) is 6.63. The van der Waals surface area contributed by atoms with Crippen LogP contribution in [0.15, 0.2) is 36.5 Å². The summed E-state index contributed by atoms with van der Waals surface area (Å²) in [6.45, 7) is 5.39. The Kier molecular flexibility index (Phi) is 3.15. The van der Waals surface area contributed by atoms with Crippen LogP contribution < -0.4 is 5.32 Å². The Morgan fingerprint density at radius 2 is 2.17 bits per heavy atom. The molecule has 1 fully saturated rings. The summed E-state index contributed by atoms with van der Waals surface area (Å²) >= 11 is 0. The zero-order valence-corrected chi connectivity index (χ0v) is 10.8. The van der Waals surface area contributed by atoms with Crippen molar-refractivity contribution in [2.24, 2.45) is 5.92 Å². The third kappa shape index (κ3) is 2.31. The fourth-order valence-electron chi connectivity index (χ4n) is 2.65. The van der Waals surface area contributed by atoms with Gasteiger partial charge in [-0.15, -0.1) is 0 Å². The number of nitrogens with zero attached hydrogens (tertiary/aromatic N) is 2. The van der Waals surface area contributed by atoms with Gasteiger partial charge >= 0.3 is 0 Å². The molecule has 3 heteroatoms. The van der Waals surface area contributed by atoms with Gasteiger partial charge in [-0.2, -0.15) is 5.10 Å². The fraction of sp³-hybridized carbons (Fsp3) is 0.400. The minimum Gasteiger partial charge on any atom is -0.316 e. The molecule has 1 aliphatic heterocycles. The second-order valence-corrected chi connectivity index (χ2v) is 5.08. The third-order valence-corrected chi connectivity index (χ3v) is 3.64. The summed E-state index contributed by atoms with van der Waals surface area (Å²) in [7, 11) is 0. The number of aromatic nitrogens is 2. The number of hydrogen-bond acceptors (Lipinski definition) is 2. The highest BCUT2D eigenvalue weighted by Crippen LogP contribution is 2.22. The summed E-state index contributed by atoms with van der Waals surface area (Å²) in [5.74, 6) is 0.730. The van der Waals surface area contributed by atoms with Gasteiger partial charge < -0.3 is 5.32 Å². The van der Waals surface area contributed by atoms with Gasteiger partial charge in [0.2, 0.25) is 0 Å². The van der Waals surface area contributed by atoms with Crippen LogP contribution in [-0.2, 0) is 6.54 Å². The third-order valence-electron chi connectivity index (χ3n) is 3.64. The van der Waals surface area contributed by atoms with E-state index in [1.165, 1.54) is 17.5 Å². The second kappa shape index (κ2) is 4.94. The monoisotopic (exact) mass is 241 g/mol. The Morgan fingerprint density at radius 3 is 2.89 bits per heavy atom. The van der Waals surface area contributed by atoms with E-state index < -0.39 is 0 Å². The molecule has 1 atom stereocenters. The Bertz CT molecular complexity index is 510. The molecular formula is C15H19N3. The molecule has 1 aliphatic rings. The van der Waals surface area contributed by atoms with Gasteiger partial charge in [-0.05, 0) is 37.9 Å². The summed E-state index contributed by atoms with van der Waals surface area (Å²) in [5, 5.41) is 8.04. The quantitative estimate of drug-likeness (QED) is 0.894. The van der Waals surface area contributed by atoms with Crippen molar-refractivity contribution in [3.05, 3.63) is 42.2 Å². The van der Waals surface area contributed by atoms with Gasteiger partial charge in [-0.3, -0.25) is 4.68 Å². The molecule has 94 valence electrons. The van der Waals surface area contributed by atoms with E-state index in [4.69, 9.17) is 0 Å². The van der Waals surface area contributed by atoms with E-state index in [0.29, 0.717) is 0 Å². The number of hydrogen-bond donors (Lipinski definition) is 1. The van der Waals surface area contributed by atoms with Crippen molar-refractivity contribution in [2.45, 2.75) is 19.9 Å². The molecule has 0 amide bonds. The first-order chi connectivity index (χ1) is 8.83. The summed E-state index contributed by atoms with van der Waals surface area (Å²) in [6, 6.07) is 10.5. The van der Waals surface area contributed by atoms with Crippen LogP contribution in [0.4, 0.5) is 0 Å². The first kappa shape index (κ1) is 11.5. The van der Waals surface area contributed by atoms with Crippen molar-refractivity contribution in [1.82, 2.24) is 15.1 Å². The SMILES string of the molecule is Cc1nn(CC2CCNC2)cc1-c1ccccc1. The van der Waals surface area contributed by atoms with Crippen LogP contribution in [-0.4, -0.2) is 22.9 Å². The summed E-state index contributed by atoms with van der Waals surface area (Å²) in [4.78, 5) is 0. The number of benzene rings is 1. The van der Waals surface area contributed by atoms with E-state index in [9.17, 15) is 0 Å². The highest BCUT2D eigenvalue weighted by molar-refractivity contribution is 5.64. The molecule has 2 heterocycles. The van der Waals surface area contributed by atoms with E-state index in [2.05, 4.69) is 52.5 Å². The van der Waals surface area contributed by atoms with Crippen LogP contribution in [0, 0.1) is 12.8 Å². The van der Waals surface area contributed by atoms with Crippen LogP contribution in [0.1, 0.15) is 12.1 Å². The highest BCUT2D eigenvalue weighted by Gasteiger charge is 2.16. The first-order valence-corrected chi connectivity index (χ1v) is 6.63. The maximum atomic E-state index is 4.64. The lowest BCUT2D eigenvalue weighted by Gasteiger charge is -2.07. The van der Waals surface area contributed by atoms with E-state index in [-0.39, 0.29) is 0 Å². The summed E-state index contributed by atoms with van der Waals surface area (Å²) < 4.78 is 2.11. The number of nitrogens with one attached hydrogen (secondary N) is 1. The minimum absolute atomic E-state index is 0.730. The Morgan fingerprint density at radius 1 is 1.33 bits per heavy atom. The molecule has 2 aromatic rings. The van der Waals surface area contributed by atoms with Crippen LogP contribution in [0.2, 0.25) is 0 Å². The van der Waals surface area contributed by atoms with E-state index >= 15 is 0 Å². The van der Waals surface area contributed by atoms with Crippen LogP contribution >= 0.6 is 0 Å². The van der Waals surface area contributed by atoms with E-state index in [1.54, 1.807) is 0 Å². The van der Waals surface area contributed by atoms with Gasteiger partial charge in [-0.25, -0.2) is 0 Å². The molecule has 0 saturated carbocycles. The van der Waals surface area contributed by atoms with Crippen molar-refractivity contribution in [3.63, 3.8) is 0 Å². The average Bonchev–Trinajstić information content (AvgIpc) is 3.01. The predicted octanol–water partition coefficient (Wildman–Crippen LogP) is 2.47. The van der Waals surface area contributed by atoms with Crippen molar-refractivity contribution in [1.29, 1.82) is 0 Å². The van der Waals surface area contributed by atoms with Gasteiger partial charge in [0.1, 0.15) is 0 Å². The van der Waals surface area contributed by atoms with Crippen molar-refractivity contribution < 1.29 is 0 Å². The zero-order chi connectivity index (χ0) is 12.4. The van der Waals surface area contributed by atoms with Gasteiger partial charge in [0.05, 0.1) is 5.69 Å². The predicted molar refractivity (Wildman–Crippen MR) is 73.4 cm³/mol.